The molecule has 0 aromatic rings. The van der Waals surface area contributed by atoms with Gasteiger partial charge in [0, 0.05) is 12.8 Å². The minimum absolute atomic E-state index is 0.0664. The van der Waals surface area contributed by atoms with Gasteiger partial charge >= 0.3 is 17.9 Å². The second-order valence-electron chi connectivity index (χ2n) is 12.1. The van der Waals surface area contributed by atoms with Crippen LogP contribution in [-0.2, 0) is 23.9 Å². The quantitative estimate of drug-likeness (QED) is 0.0680. The number of carboxylic acids is 1. The molecule has 0 amide bonds. The fourth-order valence-electron chi connectivity index (χ4n) is 5.02. The predicted octanol–water partition coefficient (Wildman–Crippen LogP) is 11.0. The summed E-state index contributed by atoms with van der Waals surface area (Å²) in [5.74, 6) is -0.681. The van der Waals surface area contributed by atoms with Gasteiger partial charge in [-0.15, -0.1) is 0 Å². The van der Waals surface area contributed by atoms with Crippen molar-refractivity contribution in [2.45, 2.75) is 195 Å². The summed E-state index contributed by atoms with van der Waals surface area (Å²) in [5.41, 5.74) is -0.434. The van der Waals surface area contributed by atoms with E-state index in [1.165, 1.54) is 32.1 Å². The second-order valence-corrected chi connectivity index (χ2v) is 12.1. The van der Waals surface area contributed by atoms with E-state index in [1.807, 2.05) is 0 Å². The third kappa shape index (κ3) is 27.3. The molecule has 250 valence electrons. The first-order valence-electron chi connectivity index (χ1n) is 17.9. The first-order chi connectivity index (χ1) is 20.3. The van der Waals surface area contributed by atoms with Gasteiger partial charge in [0.15, 0.2) is 0 Å². The molecule has 0 aliphatic rings. The number of aliphatic carboxylic acids is 1. The molecule has 1 N–H and O–H groups in total. The summed E-state index contributed by atoms with van der Waals surface area (Å²) in [5, 5.41) is 9.72. The van der Waals surface area contributed by atoms with Crippen LogP contribution in [0.3, 0.4) is 0 Å². The van der Waals surface area contributed by atoms with Gasteiger partial charge in [-0.2, -0.15) is 0 Å². The second kappa shape index (κ2) is 32.3. The maximum atomic E-state index is 11.8. The molecule has 0 aromatic heterocycles. The Bertz CT molecular complexity index is 582. The Hall–Kier alpha value is -1.59. The first kappa shape index (κ1) is 42.5. The van der Waals surface area contributed by atoms with E-state index in [0.717, 1.165) is 116 Å². The van der Waals surface area contributed by atoms with Crippen LogP contribution < -0.4 is 0 Å². The summed E-state index contributed by atoms with van der Waals surface area (Å²) in [6.45, 7) is 11.8. The van der Waals surface area contributed by atoms with Crippen molar-refractivity contribution in [2.24, 2.45) is 5.41 Å². The van der Waals surface area contributed by atoms with E-state index < -0.39 is 11.4 Å². The molecule has 0 aliphatic heterocycles. The molecule has 0 spiro atoms. The predicted molar refractivity (Wildman–Crippen MR) is 176 cm³/mol. The average molecular weight is 599 g/mol. The molecular formula is C36H70O6. The molecule has 0 saturated carbocycles. The van der Waals surface area contributed by atoms with Crippen LogP contribution >= 0.6 is 0 Å². The highest BCUT2D eigenvalue weighted by molar-refractivity contribution is 5.74. The molecule has 6 nitrogen and oxygen atoms in total. The van der Waals surface area contributed by atoms with Gasteiger partial charge in [0.05, 0.1) is 18.6 Å². The van der Waals surface area contributed by atoms with Crippen LogP contribution in [0.2, 0.25) is 0 Å². The Kier molecular flexibility index (Phi) is 32.7. The maximum Gasteiger partial charge on any atom is 0.309 e. The maximum absolute atomic E-state index is 11.8. The van der Waals surface area contributed by atoms with Gasteiger partial charge < -0.3 is 14.6 Å². The van der Waals surface area contributed by atoms with Crippen LogP contribution in [0.25, 0.3) is 0 Å². The molecule has 0 saturated heterocycles. The SMILES string of the molecule is CCCCCCCCC(CCCC)(CCCC)C(=O)O.CCCCOC(=O)CCCCCCCCC(=O)OCCCC. The molecule has 0 atom stereocenters. The molecule has 0 fully saturated rings. The Morgan fingerprint density at radius 3 is 1.17 bits per heavy atom. The van der Waals surface area contributed by atoms with Crippen LogP contribution in [-0.4, -0.2) is 36.2 Å². The molecule has 0 unspecified atom stereocenters. The van der Waals surface area contributed by atoms with E-state index >= 15 is 0 Å². The van der Waals surface area contributed by atoms with Crippen LogP contribution in [0.1, 0.15) is 195 Å². The number of hydrogen-bond donors (Lipinski definition) is 1. The molecule has 0 bridgehead atoms. The van der Waals surface area contributed by atoms with Crippen molar-refractivity contribution in [2.75, 3.05) is 13.2 Å². The summed E-state index contributed by atoms with van der Waals surface area (Å²) >= 11 is 0. The van der Waals surface area contributed by atoms with Gasteiger partial charge in [0.25, 0.3) is 0 Å². The van der Waals surface area contributed by atoms with E-state index in [9.17, 15) is 19.5 Å². The van der Waals surface area contributed by atoms with Gasteiger partial charge in [-0.1, -0.05) is 137 Å². The van der Waals surface area contributed by atoms with E-state index in [0.29, 0.717) is 26.1 Å². The fraction of sp³-hybridized carbons (Fsp3) is 0.917. The number of carbonyl (C=O) groups is 3. The summed E-state index contributed by atoms with van der Waals surface area (Å²) in [4.78, 5) is 34.5. The van der Waals surface area contributed by atoms with Crippen molar-refractivity contribution in [1.82, 2.24) is 0 Å². The molecule has 0 heterocycles. The molecule has 0 rings (SSSR count). The lowest BCUT2D eigenvalue weighted by atomic mass is 9.74. The van der Waals surface area contributed by atoms with E-state index in [1.54, 1.807) is 0 Å². The molecule has 0 radical (unpaired) electrons. The minimum atomic E-state index is -0.548. The molecule has 6 heteroatoms. The van der Waals surface area contributed by atoms with Crippen molar-refractivity contribution >= 4 is 17.9 Å². The zero-order valence-corrected chi connectivity index (χ0v) is 28.6. The largest absolute Gasteiger partial charge is 0.481 e. The van der Waals surface area contributed by atoms with Crippen LogP contribution in [0.4, 0.5) is 0 Å². The van der Waals surface area contributed by atoms with Gasteiger partial charge in [-0.25, -0.2) is 0 Å². The Balaban J connectivity index is 0. The highest BCUT2D eigenvalue weighted by atomic mass is 16.5. The third-order valence-corrected chi connectivity index (χ3v) is 8.01. The molecule has 0 aliphatic carbocycles. The van der Waals surface area contributed by atoms with Crippen molar-refractivity contribution in [3.8, 4) is 0 Å². The lowest BCUT2D eigenvalue weighted by Crippen LogP contribution is -2.31. The van der Waals surface area contributed by atoms with Gasteiger partial charge in [-0.3, -0.25) is 14.4 Å². The number of carbonyl (C=O) groups excluding carboxylic acids is 2. The van der Waals surface area contributed by atoms with E-state index in [2.05, 4.69) is 34.6 Å². The fourth-order valence-corrected chi connectivity index (χ4v) is 5.02. The summed E-state index contributed by atoms with van der Waals surface area (Å²) in [7, 11) is 0. The topological polar surface area (TPSA) is 89.9 Å². The van der Waals surface area contributed by atoms with Gasteiger partial charge in [0.1, 0.15) is 0 Å². The number of esters is 2. The zero-order chi connectivity index (χ0) is 31.7. The van der Waals surface area contributed by atoms with Crippen molar-refractivity contribution in [1.29, 1.82) is 0 Å². The summed E-state index contributed by atoms with van der Waals surface area (Å²) in [6.07, 6.45) is 25.6. The normalized spacial score (nSPS) is 11.1. The number of unbranched alkanes of at least 4 members (excludes halogenated alkanes) is 14. The lowest BCUT2D eigenvalue weighted by Gasteiger charge is -2.29. The average Bonchev–Trinajstić information content (AvgIpc) is 2.97. The highest BCUT2D eigenvalue weighted by Gasteiger charge is 2.36. The number of hydrogen-bond acceptors (Lipinski definition) is 5. The molecular weight excluding hydrogens is 528 g/mol. The zero-order valence-electron chi connectivity index (χ0n) is 28.6. The Labute approximate surface area is 260 Å². The van der Waals surface area contributed by atoms with E-state index in [-0.39, 0.29) is 11.9 Å². The van der Waals surface area contributed by atoms with Crippen LogP contribution in [0.15, 0.2) is 0 Å². The number of rotatable bonds is 29. The van der Waals surface area contributed by atoms with Crippen LogP contribution in [0, 0.1) is 5.41 Å². The van der Waals surface area contributed by atoms with Gasteiger partial charge in [-0.05, 0) is 44.9 Å². The van der Waals surface area contributed by atoms with Gasteiger partial charge in [0.2, 0.25) is 0 Å². The third-order valence-electron chi connectivity index (χ3n) is 8.01. The smallest absolute Gasteiger partial charge is 0.309 e. The number of carboxylic acid groups (broad SMARTS) is 1. The van der Waals surface area contributed by atoms with Crippen molar-refractivity contribution < 1.29 is 29.0 Å². The highest BCUT2D eigenvalue weighted by Crippen LogP contribution is 2.37. The summed E-state index contributed by atoms with van der Waals surface area (Å²) in [6, 6.07) is 0. The lowest BCUT2D eigenvalue weighted by molar-refractivity contribution is -0.151. The Morgan fingerprint density at radius 2 is 0.786 bits per heavy atom. The number of ether oxygens (including phenoxy) is 2. The monoisotopic (exact) mass is 599 g/mol. The standard InChI is InChI=1S/C18H34O4.C18H36O2/c1-3-5-15-21-17(19)13-11-9-7-8-10-12-14-18(20)22-16-6-4-2;1-4-7-10-11-12-13-16-18(17(19)20,14-8-5-2)15-9-6-3/h3-16H2,1-2H3;4-16H2,1-3H3,(H,19,20). The minimum Gasteiger partial charge on any atom is -0.481 e. The molecule has 42 heavy (non-hydrogen) atoms. The Morgan fingerprint density at radius 1 is 0.452 bits per heavy atom. The van der Waals surface area contributed by atoms with Crippen LogP contribution in [0.5, 0.6) is 0 Å². The van der Waals surface area contributed by atoms with E-state index in [4.69, 9.17) is 9.47 Å². The molecule has 0 aromatic carbocycles. The first-order valence-corrected chi connectivity index (χ1v) is 17.9. The summed E-state index contributed by atoms with van der Waals surface area (Å²) < 4.78 is 10.2. The van der Waals surface area contributed by atoms with Crippen molar-refractivity contribution in [3.63, 3.8) is 0 Å². The van der Waals surface area contributed by atoms with Crippen molar-refractivity contribution in [3.05, 3.63) is 0 Å².